The maximum atomic E-state index is 12.7. The molecule has 2 saturated heterocycles. The minimum Gasteiger partial charge on any atom is -0.385 e. The van der Waals surface area contributed by atoms with Gasteiger partial charge in [0, 0.05) is 6.61 Å². The number of hydrogen-bond donors (Lipinski definition) is 1. The fourth-order valence-electron chi connectivity index (χ4n) is 8.51. The lowest BCUT2D eigenvalue weighted by molar-refractivity contribution is -0.373. The van der Waals surface area contributed by atoms with Gasteiger partial charge in [-0.05, 0) is 39.8 Å². The number of hydrogen-bond acceptors (Lipinski definition) is 11. The molecule has 6 aromatic carbocycles. The normalized spacial score (nSPS) is 24.8. The van der Waals surface area contributed by atoms with Crippen LogP contribution in [0.25, 0.3) is 0 Å². The first-order valence-corrected chi connectivity index (χ1v) is 24.2. The molecule has 0 aromatic heterocycles. The van der Waals surface area contributed by atoms with E-state index in [0.29, 0.717) is 19.8 Å². The fraction of sp³-hybridized carbons (Fsp3) is 0.379. The predicted molar refractivity (Wildman–Crippen MR) is 261 cm³/mol. The molecule has 0 amide bonds. The van der Waals surface area contributed by atoms with Gasteiger partial charge in [-0.2, -0.15) is 0 Å². The van der Waals surface area contributed by atoms with Crippen molar-refractivity contribution >= 4 is 0 Å². The van der Waals surface area contributed by atoms with E-state index >= 15 is 0 Å². The smallest absolute Gasteiger partial charge is 0.187 e. The van der Waals surface area contributed by atoms with Gasteiger partial charge in [0.1, 0.15) is 48.8 Å². The average Bonchev–Trinajstić information content (AvgIpc) is 3.40. The summed E-state index contributed by atoms with van der Waals surface area (Å²) < 4.78 is 67.7. The molecule has 8 rings (SSSR count). The predicted octanol–water partition coefficient (Wildman–Crippen LogP) is 9.77. The van der Waals surface area contributed by atoms with Crippen molar-refractivity contribution in [1.82, 2.24) is 0 Å². The second kappa shape index (κ2) is 27.3. The number of unbranched alkanes of at least 4 members (excludes halogenated alkanes) is 1. The van der Waals surface area contributed by atoms with Gasteiger partial charge >= 0.3 is 0 Å². The second-order valence-electron chi connectivity index (χ2n) is 17.4. The van der Waals surface area contributed by atoms with E-state index < -0.39 is 61.4 Å². The zero-order valence-electron chi connectivity index (χ0n) is 39.4. The molecule has 6 aromatic rings. The lowest BCUT2D eigenvalue weighted by Gasteiger charge is -2.49. The summed E-state index contributed by atoms with van der Waals surface area (Å²) in [5.74, 6) is 0. The van der Waals surface area contributed by atoms with Gasteiger partial charge in [-0.15, -0.1) is 0 Å². The van der Waals surface area contributed by atoms with Crippen LogP contribution in [0.1, 0.15) is 53.1 Å². The van der Waals surface area contributed by atoms with Crippen LogP contribution < -0.4 is 0 Å². The Hall–Kier alpha value is -5.12. The third kappa shape index (κ3) is 15.2. The lowest BCUT2D eigenvalue weighted by atomic mass is 9.96. The molecule has 10 atom stereocenters. The number of aliphatic hydroxyl groups is 1. The Morgan fingerprint density at radius 3 is 1.14 bits per heavy atom. The number of rotatable bonds is 26. The quantitative estimate of drug-likeness (QED) is 0.0525. The van der Waals surface area contributed by atoms with E-state index in [1.54, 1.807) is 0 Å². The van der Waals surface area contributed by atoms with Crippen molar-refractivity contribution in [2.24, 2.45) is 0 Å². The Morgan fingerprint density at radius 2 is 0.725 bits per heavy atom. The molecule has 69 heavy (non-hydrogen) atoms. The van der Waals surface area contributed by atoms with E-state index in [1.165, 1.54) is 0 Å². The van der Waals surface area contributed by atoms with Crippen molar-refractivity contribution < 1.29 is 52.5 Å². The zero-order valence-corrected chi connectivity index (χ0v) is 39.4. The van der Waals surface area contributed by atoms with Gasteiger partial charge in [-0.3, -0.25) is 0 Å². The number of ether oxygens (including phenoxy) is 10. The van der Waals surface area contributed by atoms with Crippen LogP contribution in [0.3, 0.4) is 0 Å². The van der Waals surface area contributed by atoms with Gasteiger partial charge < -0.3 is 52.5 Å². The van der Waals surface area contributed by atoms with Crippen LogP contribution in [0.4, 0.5) is 0 Å². The number of benzene rings is 6. The highest BCUT2D eigenvalue weighted by atomic mass is 16.8. The first-order valence-electron chi connectivity index (χ1n) is 24.2. The van der Waals surface area contributed by atoms with Crippen LogP contribution in [0.2, 0.25) is 0 Å². The summed E-state index contributed by atoms with van der Waals surface area (Å²) in [4.78, 5) is 0. The van der Waals surface area contributed by atoms with Crippen LogP contribution in [0.5, 0.6) is 0 Å². The van der Waals surface area contributed by atoms with Gasteiger partial charge in [-0.25, -0.2) is 0 Å². The summed E-state index contributed by atoms with van der Waals surface area (Å²) >= 11 is 0. The highest BCUT2D eigenvalue weighted by Gasteiger charge is 2.54. The molecule has 2 aliphatic heterocycles. The minimum absolute atomic E-state index is 0.104. The van der Waals surface area contributed by atoms with E-state index in [-0.39, 0.29) is 39.6 Å². The Kier molecular flexibility index (Phi) is 19.9. The average molecular weight is 939 g/mol. The fourth-order valence-corrected chi connectivity index (χ4v) is 8.51. The molecule has 0 radical (unpaired) electrons. The van der Waals surface area contributed by atoms with Crippen molar-refractivity contribution in [1.29, 1.82) is 0 Å². The van der Waals surface area contributed by atoms with Crippen molar-refractivity contribution in [3.63, 3.8) is 0 Å². The van der Waals surface area contributed by atoms with Crippen LogP contribution in [-0.4, -0.2) is 86.3 Å². The van der Waals surface area contributed by atoms with Crippen LogP contribution in [-0.2, 0) is 87.0 Å². The summed E-state index contributed by atoms with van der Waals surface area (Å²) in [5.41, 5.74) is 5.85. The molecule has 2 fully saturated rings. The van der Waals surface area contributed by atoms with Crippen molar-refractivity contribution in [2.75, 3.05) is 19.8 Å². The monoisotopic (exact) mass is 938 g/mol. The summed E-state index contributed by atoms with van der Waals surface area (Å²) in [6, 6.07) is 59.6. The van der Waals surface area contributed by atoms with E-state index in [1.807, 2.05) is 182 Å². The highest BCUT2D eigenvalue weighted by Crippen LogP contribution is 2.36. The van der Waals surface area contributed by atoms with E-state index in [4.69, 9.17) is 47.4 Å². The first-order chi connectivity index (χ1) is 34.1. The largest absolute Gasteiger partial charge is 0.385 e. The van der Waals surface area contributed by atoms with Gasteiger partial charge in [0.15, 0.2) is 12.6 Å². The van der Waals surface area contributed by atoms with E-state index in [0.717, 1.165) is 46.2 Å². The van der Waals surface area contributed by atoms with E-state index in [9.17, 15) is 5.11 Å². The van der Waals surface area contributed by atoms with Crippen molar-refractivity contribution in [3.8, 4) is 0 Å². The molecule has 364 valence electrons. The van der Waals surface area contributed by atoms with Gasteiger partial charge in [0.05, 0.1) is 52.9 Å². The minimum atomic E-state index is -1.34. The molecule has 0 unspecified atom stereocenters. The van der Waals surface area contributed by atoms with Crippen LogP contribution in [0, 0.1) is 0 Å². The van der Waals surface area contributed by atoms with Crippen molar-refractivity contribution in [2.45, 2.75) is 121 Å². The Labute approximate surface area is 407 Å². The molecule has 0 aliphatic carbocycles. The molecular weight excluding hydrogens is 873 g/mol. The Morgan fingerprint density at radius 1 is 0.377 bits per heavy atom. The second-order valence-corrected chi connectivity index (χ2v) is 17.4. The van der Waals surface area contributed by atoms with E-state index in [2.05, 4.69) is 6.92 Å². The zero-order chi connectivity index (χ0) is 47.3. The molecule has 11 heteroatoms. The maximum Gasteiger partial charge on any atom is 0.187 e. The van der Waals surface area contributed by atoms with Gasteiger partial charge in [-0.1, -0.05) is 195 Å². The van der Waals surface area contributed by atoms with Crippen LogP contribution >= 0.6 is 0 Å². The third-order valence-corrected chi connectivity index (χ3v) is 12.2. The summed E-state index contributed by atoms with van der Waals surface area (Å²) in [5, 5.41) is 12.7. The molecule has 11 nitrogen and oxygen atoms in total. The Balaban J connectivity index is 1.14. The molecule has 0 bridgehead atoms. The molecule has 0 saturated carbocycles. The summed E-state index contributed by atoms with van der Waals surface area (Å²) in [6.07, 6.45) is -7.41. The SMILES string of the molecule is CCCCO[C@@H]1O[C@H](COCc2ccccc2)[C@@H](O[C@@H]2O[C@H](COCc3ccccc3)[C@@H](OCc3ccccc3)[C@H](OCc3ccccc3)[C@@H]2O)[C@H](OCc2ccccc2)[C@H]1OCc1ccccc1. The molecule has 0 spiro atoms. The Bertz CT molecular complexity index is 2280. The first kappa shape index (κ1) is 50.3. The molecule has 1 N–H and O–H groups in total. The van der Waals surface area contributed by atoms with Crippen molar-refractivity contribution in [3.05, 3.63) is 215 Å². The molecular formula is C58H66O11. The highest BCUT2D eigenvalue weighted by molar-refractivity contribution is 5.18. The van der Waals surface area contributed by atoms with Gasteiger partial charge in [0.25, 0.3) is 0 Å². The lowest BCUT2D eigenvalue weighted by Crippen LogP contribution is -2.66. The summed E-state index contributed by atoms with van der Waals surface area (Å²) in [6.45, 7) is 4.39. The topological polar surface area (TPSA) is 113 Å². The third-order valence-electron chi connectivity index (χ3n) is 12.2. The summed E-state index contributed by atoms with van der Waals surface area (Å²) in [7, 11) is 0. The molecule has 2 heterocycles. The van der Waals surface area contributed by atoms with Gasteiger partial charge in [0.2, 0.25) is 0 Å². The molecule has 2 aliphatic rings. The number of aliphatic hydroxyl groups excluding tert-OH is 1. The van der Waals surface area contributed by atoms with Crippen LogP contribution in [0.15, 0.2) is 182 Å². The standard InChI is InChI=1S/C58H66O11/c1-2-3-34-62-58-56(66-40-48-32-20-9-21-33-48)55(65-39-47-30-18-8-19-31-47)53(50(68-58)42-61-36-44-24-12-5-13-25-44)69-57-51(59)54(64-38-46-28-16-7-17-29-46)52(63-37-45-26-14-6-15-27-45)49(67-57)41-60-35-43-22-10-4-11-23-43/h4-33,49-59H,2-3,34-42H2,1H3/t49-,50-,51+,52-,53-,54-,55+,56-,57+,58-/m1/s1. The maximum absolute atomic E-state index is 12.7.